The Morgan fingerprint density at radius 3 is 2.38 bits per heavy atom. The molecule has 0 aliphatic heterocycles. The van der Waals surface area contributed by atoms with Gasteiger partial charge in [0.05, 0.1) is 16.4 Å². The summed E-state index contributed by atoms with van der Waals surface area (Å²) < 4.78 is 1.89. The molecule has 1 aromatic carbocycles. The van der Waals surface area contributed by atoms with Gasteiger partial charge < -0.3 is 5.32 Å². The number of hydrogen-bond acceptors (Lipinski definition) is 2. The summed E-state index contributed by atoms with van der Waals surface area (Å²) in [5.74, 6) is 0.462. The van der Waals surface area contributed by atoms with Gasteiger partial charge in [0.2, 0.25) is 0 Å². The highest BCUT2D eigenvalue weighted by Gasteiger charge is 2.17. The molecule has 1 aromatic heterocycles. The van der Waals surface area contributed by atoms with Gasteiger partial charge in [0.15, 0.2) is 0 Å². The normalized spacial score (nSPS) is 12.6. The Bertz CT molecular complexity index is 590. The molecule has 5 heteroatoms. The van der Waals surface area contributed by atoms with E-state index < -0.39 is 0 Å². The van der Waals surface area contributed by atoms with Crippen molar-refractivity contribution in [2.24, 2.45) is 13.0 Å². The molecular formula is C16H21Cl2N3. The van der Waals surface area contributed by atoms with Crippen molar-refractivity contribution in [2.75, 3.05) is 13.6 Å². The zero-order valence-corrected chi connectivity index (χ0v) is 14.2. The van der Waals surface area contributed by atoms with Gasteiger partial charge in [0.1, 0.15) is 0 Å². The Hall–Kier alpha value is -1.03. The zero-order chi connectivity index (χ0) is 15.4. The standard InChI is InChI=1S/C16H21Cl2N3/c1-11-16(18)15(21(3)20-11)9-13(10-19-2)8-12-4-6-14(17)7-5-12/h4-7,13,19H,8-10H2,1-3H3. The van der Waals surface area contributed by atoms with Crippen LogP contribution < -0.4 is 5.32 Å². The lowest BCUT2D eigenvalue weighted by Gasteiger charge is -2.17. The van der Waals surface area contributed by atoms with Crippen molar-refractivity contribution in [3.8, 4) is 0 Å². The van der Waals surface area contributed by atoms with Crippen molar-refractivity contribution in [3.05, 3.63) is 51.3 Å². The fourth-order valence-corrected chi connectivity index (χ4v) is 3.00. The SMILES string of the molecule is CNCC(Cc1ccc(Cl)cc1)Cc1c(Cl)c(C)nn1C. The molecule has 0 saturated heterocycles. The highest BCUT2D eigenvalue weighted by Crippen LogP contribution is 2.24. The van der Waals surface area contributed by atoms with Crippen LogP contribution in [0.1, 0.15) is 17.0 Å². The third-order valence-electron chi connectivity index (χ3n) is 3.67. The van der Waals surface area contributed by atoms with E-state index in [9.17, 15) is 0 Å². The Morgan fingerprint density at radius 1 is 1.19 bits per heavy atom. The summed E-state index contributed by atoms with van der Waals surface area (Å²) in [6.07, 6.45) is 1.89. The van der Waals surface area contributed by atoms with Crippen LogP contribution >= 0.6 is 23.2 Å². The minimum absolute atomic E-state index is 0.462. The van der Waals surface area contributed by atoms with Gasteiger partial charge in [-0.05, 0) is 57.0 Å². The van der Waals surface area contributed by atoms with E-state index in [0.717, 1.165) is 40.8 Å². The number of hydrogen-bond donors (Lipinski definition) is 1. The molecule has 0 aliphatic rings. The lowest BCUT2D eigenvalue weighted by molar-refractivity contribution is 0.477. The van der Waals surface area contributed by atoms with Gasteiger partial charge in [0, 0.05) is 12.1 Å². The topological polar surface area (TPSA) is 29.9 Å². The van der Waals surface area contributed by atoms with Crippen LogP contribution in [0.25, 0.3) is 0 Å². The maximum atomic E-state index is 6.36. The van der Waals surface area contributed by atoms with E-state index >= 15 is 0 Å². The average molecular weight is 326 g/mol. The van der Waals surface area contributed by atoms with E-state index in [1.807, 2.05) is 37.8 Å². The highest BCUT2D eigenvalue weighted by atomic mass is 35.5. The predicted molar refractivity (Wildman–Crippen MR) is 89.2 cm³/mol. The summed E-state index contributed by atoms with van der Waals surface area (Å²) in [6, 6.07) is 8.05. The summed E-state index contributed by atoms with van der Waals surface area (Å²) in [5.41, 5.74) is 3.28. The first-order valence-electron chi connectivity index (χ1n) is 7.08. The predicted octanol–water partition coefficient (Wildman–Crippen LogP) is 3.66. The minimum Gasteiger partial charge on any atom is -0.319 e. The van der Waals surface area contributed by atoms with Gasteiger partial charge in [-0.1, -0.05) is 35.3 Å². The number of halogens is 2. The molecule has 1 heterocycles. The molecule has 114 valence electrons. The Labute approximate surface area is 136 Å². The number of aromatic nitrogens is 2. The summed E-state index contributed by atoms with van der Waals surface area (Å²) in [6.45, 7) is 2.88. The molecule has 3 nitrogen and oxygen atoms in total. The number of benzene rings is 1. The van der Waals surface area contributed by atoms with Crippen molar-refractivity contribution in [2.45, 2.75) is 19.8 Å². The van der Waals surface area contributed by atoms with E-state index in [-0.39, 0.29) is 0 Å². The van der Waals surface area contributed by atoms with Crippen LogP contribution in [0.2, 0.25) is 10.0 Å². The molecule has 0 amide bonds. The Kier molecular flexibility index (Phi) is 5.68. The monoisotopic (exact) mass is 325 g/mol. The van der Waals surface area contributed by atoms with Crippen molar-refractivity contribution in [3.63, 3.8) is 0 Å². The van der Waals surface area contributed by atoms with Crippen LogP contribution in [-0.2, 0) is 19.9 Å². The second-order valence-electron chi connectivity index (χ2n) is 5.43. The van der Waals surface area contributed by atoms with Crippen LogP contribution in [-0.4, -0.2) is 23.4 Å². The molecule has 0 aliphatic carbocycles. The van der Waals surface area contributed by atoms with Crippen LogP contribution in [0.4, 0.5) is 0 Å². The van der Waals surface area contributed by atoms with Gasteiger partial charge in [0.25, 0.3) is 0 Å². The number of nitrogens with one attached hydrogen (secondary N) is 1. The maximum Gasteiger partial charge on any atom is 0.0847 e. The first-order chi connectivity index (χ1) is 10.0. The lowest BCUT2D eigenvalue weighted by atomic mass is 9.94. The first kappa shape index (κ1) is 16.3. The minimum atomic E-state index is 0.462. The smallest absolute Gasteiger partial charge is 0.0847 e. The Morgan fingerprint density at radius 2 is 1.86 bits per heavy atom. The van der Waals surface area contributed by atoms with Crippen LogP contribution in [0.5, 0.6) is 0 Å². The molecule has 21 heavy (non-hydrogen) atoms. The van der Waals surface area contributed by atoms with E-state index in [1.165, 1.54) is 5.56 Å². The van der Waals surface area contributed by atoms with Gasteiger partial charge in [-0.15, -0.1) is 0 Å². The van der Waals surface area contributed by atoms with Crippen molar-refractivity contribution >= 4 is 23.2 Å². The van der Waals surface area contributed by atoms with Gasteiger partial charge in [-0.3, -0.25) is 4.68 Å². The molecule has 0 spiro atoms. The van der Waals surface area contributed by atoms with Gasteiger partial charge >= 0.3 is 0 Å². The quantitative estimate of drug-likeness (QED) is 0.878. The second-order valence-corrected chi connectivity index (χ2v) is 6.24. The van der Waals surface area contributed by atoms with E-state index in [1.54, 1.807) is 0 Å². The molecule has 1 atom stereocenters. The summed E-state index contributed by atoms with van der Waals surface area (Å²) in [4.78, 5) is 0. The molecule has 0 radical (unpaired) electrons. The largest absolute Gasteiger partial charge is 0.319 e. The van der Waals surface area contributed by atoms with Crippen LogP contribution in [0.15, 0.2) is 24.3 Å². The number of aryl methyl sites for hydroxylation is 2. The molecule has 2 aromatic rings. The summed E-state index contributed by atoms with van der Waals surface area (Å²) >= 11 is 12.3. The molecule has 0 saturated carbocycles. The van der Waals surface area contributed by atoms with Crippen LogP contribution in [0.3, 0.4) is 0 Å². The van der Waals surface area contributed by atoms with Crippen molar-refractivity contribution in [1.29, 1.82) is 0 Å². The van der Waals surface area contributed by atoms with E-state index in [0.29, 0.717) is 5.92 Å². The third-order valence-corrected chi connectivity index (χ3v) is 4.42. The van der Waals surface area contributed by atoms with E-state index in [2.05, 4.69) is 22.5 Å². The summed E-state index contributed by atoms with van der Waals surface area (Å²) in [7, 11) is 3.93. The van der Waals surface area contributed by atoms with Crippen LogP contribution in [0, 0.1) is 12.8 Å². The summed E-state index contributed by atoms with van der Waals surface area (Å²) in [5, 5.41) is 9.22. The lowest BCUT2D eigenvalue weighted by Crippen LogP contribution is -2.23. The molecule has 2 rings (SSSR count). The maximum absolute atomic E-state index is 6.36. The van der Waals surface area contributed by atoms with Gasteiger partial charge in [-0.25, -0.2) is 0 Å². The third kappa shape index (κ3) is 4.22. The second kappa shape index (κ2) is 7.30. The average Bonchev–Trinajstić information content (AvgIpc) is 2.68. The fourth-order valence-electron chi connectivity index (χ4n) is 2.63. The molecule has 1 unspecified atom stereocenters. The molecule has 0 fully saturated rings. The van der Waals surface area contributed by atoms with Crippen molar-refractivity contribution in [1.82, 2.24) is 15.1 Å². The van der Waals surface area contributed by atoms with Crippen molar-refractivity contribution < 1.29 is 0 Å². The van der Waals surface area contributed by atoms with Gasteiger partial charge in [-0.2, -0.15) is 5.10 Å². The zero-order valence-electron chi connectivity index (χ0n) is 12.7. The van der Waals surface area contributed by atoms with E-state index in [4.69, 9.17) is 23.2 Å². The number of nitrogens with zero attached hydrogens (tertiary/aromatic N) is 2. The fraction of sp³-hybridized carbons (Fsp3) is 0.438. The Balaban J connectivity index is 2.13. The molecular weight excluding hydrogens is 305 g/mol. The molecule has 0 bridgehead atoms. The highest BCUT2D eigenvalue weighted by molar-refractivity contribution is 6.31. The molecule has 1 N–H and O–H groups in total. The number of rotatable bonds is 6. The first-order valence-corrected chi connectivity index (χ1v) is 7.84.